The van der Waals surface area contributed by atoms with Crippen LogP contribution in [0.1, 0.15) is 15.9 Å². The zero-order chi connectivity index (χ0) is 14.1. The fraction of sp³-hybridized carbons (Fsp3) is 0.0667. The molecule has 0 saturated heterocycles. The first-order valence-electron chi connectivity index (χ1n) is 6.05. The highest BCUT2D eigenvalue weighted by atomic mass is 35.5. The van der Waals surface area contributed by atoms with E-state index in [1.54, 1.807) is 17.6 Å². The third kappa shape index (κ3) is 2.40. The van der Waals surface area contributed by atoms with Crippen LogP contribution in [-0.2, 0) is 0 Å². The molecule has 20 heavy (non-hydrogen) atoms. The molecule has 0 unspecified atom stereocenters. The molecule has 1 amide bonds. The fourth-order valence-corrected chi connectivity index (χ4v) is 2.82. The van der Waals surface area contributed by atoms with Crippen molar-refractivity contribution in [3.05, 3.63) is 58.1 Å². The van der Waals surface area contributed by atoms with Crippen molar-refractivity contribution in [2.45, 2.75) is 6.92 Å². The molecule has 0 aliphatic carbocycles. The Labute approximate surface area is 125 Å². The molecule has 100 valence electrons. The standard InChI is InChI=1S/C15H11ClN2OS/c1-9-11(16)3-2-4-12(9)18-15(19)10-5-6-13-14(7-10)20-8-17-13/h2-8H,1H3,(H,18,19). The number of aromatic nitrogens is 1. The smallest absolute Gasteiger partial charge is 0.255 e. The number of halogens is 1. The van der Waals surface area contributed by atoms with Crippen LogP contribution in [0.5, 0.6) is 0 Å². The first-order valence-corrected chi connectivity index (χ1v) is 7.30. The maximum absolute atomic E-state index is 12.3. The average Bonchev–Trinajstić information content (AvgIpc) is 2.91. The highest BCUT2D eigenvalue weighted by Crippen LogP contribution is 2.24. The van der Waals surface area contributed by atoms with Crippen LogP contribution in [-0.4, -0.2) is 10.9 Å². The Kier molecular flexibility index (Phi) is 3.42. The number of amides is 1. The van der Waals surface area contributed by atoms with Gasteiger partial charge < -0.3 is 5.32 Å². The van der Waals surface area contributed by atoms with Gasteiger partial charge in [0, 0.05) is 16.3 Å². The molecule has 5 heteroatoms. The summed E-state index contributed by atoms with van der Waals surface area (Å²) in [5.41, 5.74) is 4.88. The molecule has 0 radical (unpaired) electrons. The predicted molar refractivity (Wildman–Crippen MR) is 83.8 cm³/mol. The van der Waals surface area contributed by atoms with Crippen LogP contribution in [0.4, 0.5) is 5.69 Å². The second-order valence-electron chi connectivity index (χ2n) is 4.40. The molecule has 2 aromatic carbocycles. The molecular weight excluding hydrogens is 292 g/mol. The molecule has 1 N–H and O–H groups in total. The lowest BCUT2D eigenvalue weighted by molar-refractivity contribution is 0.102. The van der Waals surface area contributed by atoms with E-state index in [1.165, 1.54) is 11.3 Å². The second kappa shape index (κ2) is 5.23. The van der Waals surface area contributed by atoms with Crippen molar-refractivity contribution < 1.29 is 4.79 Å². The van der Waals surface area contributed by atoms with Crippen LogP contribution in [0, 0.1) is 6.92 Å². The number of anilines is 1. The number of nitrogens with one attached hydrogen (secondary N) is 1. The lowest BCUT2D eigenvalue weighted by atomic mass is 10.1. The van der Waals surface area contributed by atoms with Gasteiger partial charge in [-0.3, -0.25) is 4.79 Å². The lowest BCUT2D eigenvalue weighted by Gasteiger charge is -2.09. The first kappa shape index (κ1) is 13.1. The highest BCUT2D eigenvalue weighted by Gasteiger charge is 2.10. The number of benzene rings is 2. The Hall–Kier alpha value is -1.91. The van der Waals surface area contributed by atoms with E-state index in [-0.39, 0.29) is 5.91 Å². The number of rotatable bonds is 2. The summed E-state index contributed by atoms with van der Waals surface area (Å²) in [6.07, 6.45) is 0. The summed E-state index contributed by atoms with van der Waals surface area (Å²) >= 11 is 7.57. The third-order valence-electron chi connectivity index (χ3n) is 3.11. The van der Waals surface area contributed by atoms with Crippen molar-refractivity contribution in [1.82, 2.24) is 4.98 Å². The van der Waals surface area contributed by atoms with Crippen LogP contribution in [0.15, 0.2) is 41.9 Å². The van der Waals surface area contributed by atoms with E-state index < -0.39 is 0 Å². The Morgan fingerprint density at radius 2 is 2.15 bits per heavy atom. The number of carbonyl (C=O) groups is 1. The Morgan fingerprint density at radius 3 is 3.00 bits per heavy atom. The zero-order valence-corrected chi connectivity index (χ0v) is 12.3. The van der Waals surface area contributed by atoms with Gasteiger partial charge in [0.25, 0.3) is 5.91 Å². The number of nitrogens with zero attached hydrogens (tertiary/aromatic N) is 1. The first-order chi connectivity index (χ1) is 9.65. The van der Waals surface area contributed by atoms with Gasteiger partial charge in [0.15, 0.2) is 0 Å². The maximum Gasteiger partial charge on any atom is 0.255 e. The quantitative estimate of drug-likeness (QED) is 0.756. The van der Waals surface area contributed by atoms with Crippen molar-refractivity contribution >= 4 is 44.7 Å². The van der Waals surface area contributed by atoms with E-state index in [4.69, 9.17) is 11.6 Å². The number of carbonyl (C=O) groups excluding carboxylic acids is 1. The van der Waals surface area contributed by atoms with Gasteiger partial charge >= 0.3 is 0 Å². The van der Waals surface area contributed by atoms with Gasteiger partial charge in [0.2, 0.25) is 0 Å². The van der Waals surface area contributed by atoms with Gasteiger partial charge in [-0.15, -0.1) is 11.3 Å². The molecule has 3 aromatic rings. The summed E-state index contributed by atoms with van der Waals surface area (Å²) in [5.74, 6) is -0.148. The number of fused-ring (bicyclic) bond motifs is 1. The molecule has 0 aliphatic heterocycles. The van der Waals surface area contributed by atoms with Gasteiger partial charge in [0.1, 0.15) is 0 Å². The monoisotopic (exact) mass is 302 g/mol. The van der Waals surface area contributed by atoms with E-state index in [9.17, 15) is 4.79 Å². The normalized spacial score (nSPS) is 10.7. The van der Waals surface area contributed by atoms with E-state index in [0.29, 0.717) is 10.6 Å². The summed E-state index contributed by atoms with van der Waals surface area (Å²) in [6, 6.07) is 10.9. The number of hydrogen-bond acceptors (Lipinski definition) is 3. The van der Waals surface area contributed by atoms with Gasteiger partial charge in [-0.1, -0.05) is 17.7 Å². The summed E-state index contributed by atoms with van der Waals surface area (Å²) in [5, 5.41) is 3.52. The molecule has 0 fully saturated rings. The predicted octanol–water partition coefficient (Wildman–Crippen LogP) is 4.51. The van der Waals surface area contributed by atoms with Crippen molar-refractivity contribution in [3.63, 3.8) is 0 Å². The van der Waals surface area contributed by atoms with Gasteiger partial charge in [-0.2, -0.15) is 0 Å². The Bertz CT molecular complexity index is 797. The lowest BCUT2D eigenvalue weighted by Crippen LogP contribution is -2.12. The largest absolute Gasteiger partial charge is 0.322 e. The zero-order valence-electron chi connectivity index (χ0n) is 10.7. The van der Waals surface area contributed by atoms with E-state index >= 15 is 0 Å². The molecule has 0 bridgehead atoms. The third-order valence-corrected chi connectivity index (χ3v) is 4.31. The molecule has 1 heterocycles. The summed E-state index contributed by atoms with van der Waals surface area (Å²) < 4.78 is 1.00. The molecule has 0 atom stereocenters. The molecule has 1 aromatic heterocycles. The van der Waals surface area contributed by atoms with Gasteiger partial charge in [-0.25, -0.2) is 4.98 Å². The highest BCUT2D eigenvalue weighted by molar-refractivity contribution is 7.16. The molecule has 0 spiro atoms. The van der Waals surface area contributed by atoms with Gasteiger partial charge in [0.05, 0.1) is 15.7 Å². The summed E-state index contributed by atoms with van der Waals surface area (Å²) in [4.78, 5) is 16.5. The molecule has 3 nitrogen and oxygen atoms in total. The van der Waals surface area contributed by atoms with Crippen molar-refractivity contribution in [3.8, 4) is 0 Å². The number of thiazole rings is 1. The minimum Gasteiger partial charge on any atom is -0.322 e. The summed E-state index contributed by atoms with van der Waals surface area (Å²) in [6.45, 7) is 1.88. The van der Waals surface area contributed by atoms with Crippen molar-refractivity contribution in [2.24, 2.45) is 0 Å². The van der Waals surface area contributed by atoms with Crippen molar-refractivity contribution in [2.75, 3.05) is 5.32 Å². The molecule has 3 rings (SSSR count). The van der Waals surface area contributed by atoms with Crippen LogP contribution in [0.2, 0.25) is 5.02 Å². The Morgan fingerprint density at radius 1 is 1.30 bits per heavy atom. The summed E-state index contributed by atoms with van der Waals surface area (Å²) in [7, 11) is 0. The van der Waals surface area contributed by atoms with E-state index in [0.717, 1.165) is 21.5 Å². The van der Waals surface area contributed by atoms with Crippen LogP contribution in [0.3, 0.4) is 0 Å². The van der Waals surface area contributed by atoms with E-state index in [1.807, 2.05) is 31.2 Å². The molecular formula is C15H11ClN2OS. The van der Waals surface area contributed by atoms with Crippen LogP contribution >= 0.6 is 22.9 Å². The average molecular weight is 303 g/mol. The van der Waals surface area contributed by atoms with Crippen LogP contribution < -0.4 is 5.32 Å². The SMILES string of the molecule is Cc1c(Cl)cccc1NC(=O)c1ccc2ncsc2c1. The fourth-order valence-electron chi connectivity index (χ4n) is 1.93. The second-order valence-corrected chi connectivity index (χ2v) is 5.69. The van der Waals surface area contributed by atoms with Gasteiger partial charge in [-0.05, 0) is 42.8 Å². The minimum atomic E-state index is -0.148. The minimum absolute atomic E-state index is 0.148. The Balaban J connectivity index is 1.90. The van der Waals surface area contributed by atoms with E-state index in [2.05, 4.69) is 10.3 Å². The van der Waals surface area contributed by atoms with Crippen molar-refractivity contribution in [1.29, 1.82) is 0 Å². The maximum atomic E-state index is 12.3. The topological polar surface area (TPSA) is 42.0 Å². The molecule has 0 aliphatic rings. The molecule has 0 saturated carbocycles. The van der Waals surface area contributed by atoms with Crippen LogP contribution in [0.25, 0.3) is 10.2 Å². The number of hydrogen-bond donors (Lipinski definition) is 1.